The van der Waals surface area contributed by atoms with E-state index in [1.54, 1.807) is 20.2 Å². The summed E-state index contributed by atoms with van der Waals surface area (Å²) in [7, 11) is -1.68. The number of pyridine rings is 1. The molecule has 2 aromatic heterocycles. The molecule has 1 atom stereocenters. The molecular weight excluding hydrogens is 445 g/mol. The molecular formula is C18H18AsN3O3S2. The van der Waals surface area contributed by atoms with Gasteiger partial charge in [-0.3, -0.25) is 4.98 Å². The number of anilines is 1. The van der Waals surface area contributed by atoms with Gasteiger partial charge in [-0.15, -0.1) is 0 Å². The Morgan fingerprint density at radius 3 is 2.44 bits per heavy atom. The zero-order valence-corrected chi connectivity index (χ0v) is 18.8. The average molecular weight is 463 g/mol. The second-order valence-electron chi connectivity index (χ2n) is 5.96. The minimum atomic E-state index is -3.29. The van der Waals surface area contributed by atoms with Crippen LogP contribution in [0.5, 0.6) is 0 Å². The summed E-state index contributed by atoms with van der Waals surface area (Å²) in [4.78, 5) is 22.5. The van der Waals surface area contributed by atoms with E-state index in [0.717, 1.165) is 28.2 Å². The molecule has 6 nitrogen and oxygen atoms in total. The van der Waals surface area contributed by atoms with Crippen LogP contribution in [0.3, 0.4) is 0 Å². The van der Waals surface area contributed by atoms with E-state index in [4.69, 9.17) is 0 Å². The van der Waals surface area contributed by atoms with Gasteiger partial charge in [0.05, 0.1) is 0 Å². The molecule has 0 aliphatic heterocycles. The van der Waals surface area contributed by atoms with Crippen LogP contribution in [0.4, 0.5) is 5.13 Å². The van der Waals surface area contributed by atoms with E-state index < -0.39 is 8.10 Å². The first-order valence-corrected chi connectivity index (χ1v) is 13.4. The maximum atomic E-state index is 12.6. The number of hydrogen-bond donors (Lipinski definition) is 0. The van der Waals surface area contributed by atoms with Gasteiger partial charge in [0.2, 0.25) is 0 Å². The topological polar surface area (TPSA) is 80.2 Å². The molecule has 0 bridgehead atoms. The molecule has 140 valence electrons. The molecule has 9 heteroatoms. The van der Waals surface area contributed by atoms with Gasteiger partial charge in [0, 0.05) is 6.20 Å². The van der Waals surface area contributed by atoms with Crippen LogP contribution in [0.2, 0.25) is 0 Å². The molecule has 3 rings (SSSR count). The third-order valence-corrected chi connectivity index (χ3v) is 9.28. The van der Waals surface area contributed by atoms with Gasteiger partial charge in [0.1, 0.15) is 0 Å². The van der Waals surface area contributed by atoms with Crippen molar-refractivity contribution in [2.75, 3.05) is 11.9 Å². The predicted octanol–water partition coefficient (Wildman–Crippen LogP) is 2.04. The predicted molar refractivity (Wildman–Crippen MR) is 109 cm³/mol. The van der Waals surface area contributed by atoms with Gasteiger partial charge in [-0.25, -0.2) is 0 Å². The quantitative estimate of drug-likeness (QED) is 0.541. The minimum absolute atomic E-state index is 0.153. The van der Waals surface area contributed by atoms with Crippen molar-refractivity contribution >= 4 is 46.2 Å². The Morgan fingerprint density at radius 1 is 1.19 bits per heavy atom. The van der Waals surface area contributed by atoms with Crippen LogP contribution < -0.4 is 4.90 Å². The number of carbonyl (C=O) groups excluding carboxylic acids is 1. The fourth-order valence-electron chi connectivity index (χ4n) is 2.50. The van der Waals surface area contributed by atoms with Crippen LogP contribution in [0.1, 0.15) is 11.3 Å². The van der Waals surface area contributed by atoms with E-state index in [2.05, 4.69) is 9.97 Å². The second-order valence-corrected chi connectivity index (χ2v) is 12.6. The molecule has 1 aromatic carbocycles. The summed E-state index contributed by atoms with van der Waals surface area (Å²) in [5, 5.41) is 0.388. The van der Waals surface area contributed by atoms with Crippen molar-refractivity contribution in [2.24, 2.45) is 0 Å². The number of aryl methyl sites for hydroxylation is 1. The Hall–Kier alpha value is -2.02. The van der Waals surface area contributed by atoms with Gasteiger partial charge < -0.3 is 0 Å². The normalized spacial score (nSPS) is 11.4. The number of amides is 1. The van der Waals surface area contributed by atoms with E-state index in [9.17, 15) is 13.2 Å². The van der Waals surface area contributed by atoms with Crippen molar-refractivity contribution in [1.29, 1.82) is 0 Å². The van der Waals surface area contributed by atoms with Crippen molar-refractivity contribution < 1.29 is 13.2 Å². The van der Waals surface area contributed by atoms with Gasteiger partial charge >= 0.3 is 141 Å². The first-order chi connectivity index (χ1) is 12.8. The number of hydrogen-bond acceptors (Lipinski definition) is 6. The summed E-state index contributed by atoms with van der Waals surface area (Å²) in [5.74, 6) is -0.153. The van der Waals surface area contributed by atoms with Crippen molar-refractivity contribution in [3.8, 4) is 11.3 Å². The zero-order chi connectivity index (χ0) is 19.6. The molecule has 3 aromatic rings. The van der Waals surface area contributed by atoms with Crippen LogP contribution in [0.25, 0.3) is 11.3 Å². The van der Waals surface area contributed by atoms with Crippen molar-refractivity contribution in [3.05, 3.63) is 59.9 Å². The van der Waals surface area contributed by atoms with Crippen molar-refractivity contribution in [1.82, 2.24) is 9.97 Å². The molecule has 27 heavy (non-hydrogen) atoms. The van der Waals surface area contributed by atoms with Crippen LogP contribution in [-0.2, 0) is 19.3 Å². The molecule has 2 heterocycles. The van der Waals surface area contributed by atoms with Crippen molar-refractivity contribution in [2.45, 2.75) is 17.6 Å². The van der Waals surface area contributed by atoms with Crippen LogP contribution in [-0.4, -0.2) is 47.0 Å². The number of aromatic nitrogens is 2. The first-order valence-electron chi connectivity index (χ1n) is 8.03. The monoisotopic (exact) mass is 463 g/mol. The summed E-state index contributed by atoms with van der Waals surface area (Å²) in [5.41, 5.74) is 3.15. The Kier molecular flexibility index (Phi) is 5.79. The van der Waals surface area contributed by atoms with Gasteiger partial charge in [-0.2, -0.15) is 0 Å². The summed E-state index contributed by atoms with van der Waals surface area (Å²) in [6.07, 6.45) is 1.94. The SMILES string of the molecule is Cc1nc(N(C)C(=O)Cc2ccc(-c3ccccn3)cc2)sc1S(=O)(=O)[AsH2]. The van der Waals surface area contributed by atoms with Crippen LogP contribution in [0.15, 0.2) is 52.9 Å². The number of likely N-dealkylation sites (N-methyl/N-ethyl adjacent to an activating group) is 1. The number of thiazole rings is 1. The van der Waals surface area contributed by atoms with Gasteiger partial charge in [-0.05, 0) is 12.1 Å². The number of benzene rings is 1. The Bertz CT molecular complexity index is 1060. The number of carbonyl (C=O) groups is 1. The van der Waals surface area contributed by atoms with Crippen LogP contribution >= 0.6 is 11.3 Å². The van der Waals surface area contributed by atoms with Crippen molar-refractivity contribution in [3.63, 3.8) is 0 Å². The van der Waals surface area contributed by atoms with Crippen LogP contribution in [0, 0.1) is 6.92 Å². The van der Waals surface area contributed by atoms with E-state index in [1.807, 2.05) is 42.5 Å². The molecule has 1 unspecified atom stereocenters. The molecule has 0 saturated carbocycles. The molecule has 0 saturated heterocycles. The molecule has 0 aliphatic rings. The fraction of sp³-hybridized carbons (Fsp3) is 0.167. The van der Waals surface area contributed by atoms with Gasteiger partial charge in [-0.1, -0.05) is 6.07 Å². The molecule has 0 fully saturated rings. The third kappa shape index (κ3) is 4.64. The van der Waals surface area contributed by atoms with Gasteiger partial charge in [0.15, 0.2) is 0 Å². The summed E-state index contributed by atoms with van der Waals surface area (Å²) in [6.45, 7) is 1.64. The zero-order valence-electron chi connectivity index (χ0n) is 14.8. The first kappa shape index (κ1) is 19.7. The fourth-order valence-corrected chi connectivity index (χ4v) is 6.41. The number of rotatable bonds is 5. The van der Waals surface area contributed by atoms with E-state index >= 15 is 0 Å². The number of nitrogens with zero attached hydrogens (tertiary/aromatic N) is 3. The second kappa shape index (κ2) is 7.92. The van der Waals surface area contributed by atoms with E-state index in [1.165, 1.54) is 4.90 Å². The summed E-state index contributed by atoms with van der Waals surface area (Å²) in [6, 6.07) is 13.4. The van der Waals surface area contributed by atoms with E-state index in [-0.39, 0.29) is 16.5 Å². The molecule has 0 spiro atoms. The Labute approximate surface area is 169 Å². The molecule has 1 amide bonds. The maximum absolute atomic E-state index is 12.6. The third-order valence-electron chi connectivity index (χ3n) is 3.93. The molecule has 0 radical (unpaired) electrons. The Morgan fingerprint density at radius 2 is 1.89 bits per heavy atom. The standard InChI is InChI=1S/C18H18AsN3O3S2/c1-12-17(27(19,24)25)26-18(21-12)22(2)16(23)11-13-6-8-14(9-7-13)15-5-3-4-10-20-15/h3-10H,11,19H2,1-2H3. The summed E-state index contributed by atoms with van der Waals surface area (Å²) < 4.78 is 23.8. The van der Waals surface area contributed by atoms with Gasteiger partial charge in [0.25, 0.3) is 0 Å². The Balaban J connectivity index is 1.73. The summed E-state index contributed by atoms with van der Waals surface area (Å²) >= 11 is 1.66. The molecule has 0 aliphatic carbocycles. The van der Waals surface area contributed by atoms with E-state index in [0.29, 0.717) is 26.5 Å². The molecule has 0 N–H and O–H groups in total. The average Bonchev–Trinajstić information content (AvgIpc) is 3.04.